The molecule has 0 fully saturated rings. The third kappa shape index (κ3) is 3.90. The van der Waals surface area contributed by atoms with Gasteiger partial charge in [0.1, 0.15) is 0 Å². The van der Waals surface area contributed by atoms with Crippen molar-refractivity contribution in [2.75, 3.05) is 6.61 Å². The highest BCUT2D eigenvalue weighted by molar-refractivity contribution is 6.33. The van der Waals surface area contributed by atoms with Crippen molar-refractivity contribution in [3.8, 4) is 0 Å². The molecule has 0 N–H and O–H groups in total. The summed E-state index contributed by atoms with van der Waals surface area (Å²) in [7, 11) is 0.165. The molecule has 0 saturated carbocycles. The fourth-order valence-corrected chi connectivity index (χ4v) is 1.68. The molecule has 0 saturated heterocycles. The zero-order valence-corrected chi connectivity index (χ0v) is 10.2. The summed E-state index contributed by atoms with van der Waals surface area (Å²) < 4.78 is 5.54. The van der Waals surface area contributed by atoms with Crippen LogP contribution >= 0.6 is 0 Å². The molecule has 0 aliphatic carbocycles. The van der Waals surface area contributed by atoms with Gasteiger partial charge in [-0.2, -0.15) is 0 Å². The highest BCUT2D eigenvalue weighted by Gasteiger charge is 1.92. The van der Waals surface area contributed by atoms with Crippen molar-refractivity contribution in [1.29, 1.82) is 0 Å². The largest absolute Gasteiger partial charge is 0.377 e. The molecule has 0 bridgehead atoms. The van der Waals surface area contributed by atoms with E-state index < -0.39 is 0 Å². The van der Waals surface area contributed by atoms with Crippen LogP contribution < -0.4 is 0 Å². The van der Waals surface area contributed by atoms with Crippen molar-refractivity contribution in [1.82, 2.24) is 0 Å². The average molecular weight is 206 g/mol. The fourth-order valence-electron chi connectivity index (χ4n) is 1.19. The van der Waals surface area contributed by atoms with Gasteiger partial charge in [0.25, 0.3) is 0 Å². The second-order valence-corrected chi connectivity index (χ2v) is 5.06. The maximum Gasteiger partial charge on any atom is 0.0716 e. The van der Waals surface area contributed by atoms with E-state index in [9.17, 15) is 0 Å². The van der Waals surface area contributed by atoms with E-state index in [4.69, 9.17) is 4.74 Å². The fraction of sp³-hybridized carbons (Fsp3) is 0.333. The van der Waals surface area contributed by atoms with E-state index >= 15 is 0 Å². The van der Waals surface area contributed by atoms with Crippen molar-refractivity contribution < 1.29 is 4.74 Å². The number of hydrogen-bond acceptors (Lipinski definition) is 1. The zero-order chi connectivity index (χ0) is 10.2. The molecular formula is C12H18OSi. The Morgan fingerprint density at radius 2 is 2.07 bits per heavy atom. The summed E-state index contributed by atoms with van der Waals surface area (Å²) in [6.07, 6.45) is 1.85. The summed E-state index contributed by atoms with van der Waals surface area (Å²) in [5.41, 5.74) is 2.41. The van der Waals surface area contributed by atoms with Gasteiger partial charge in [0.15, 0.2) is 0 Å². The molecule has 14 heavy (non-hydrogen) atoms. The molecule has 0 heterocycles. The summed E-state index contributed by atoms with van der Waals surface area (Å²) in [6, 6.07) is 9.62. The Kier molecular flexibility index (Phi) is 5.26. The number of rotatable bonds is 6. The predicted octanol–water partition coefficient (Wildman–Crippen LogP) is 2.48. The van der Waals surface area contributed by atoms with Crippen LogP contribution in [0.2, 0.25) is 12.6 Å². The molecule has 0 unspecified atom stereocenters. The summed E-state index contributed by atoms with van der Waals surface area (Å²) in [4.78, 5) is 0. The minimum atomic E-state index is 0.165. The van der Waals surface area contributed by atoms with Gasteiger partial charge in [0.2, 0.25) is 0 Å². The molecule has 2 heteroatoms. The first-order valence-electron chi connectivity index (χ1n) is 5.16. The van der Waals surface area contributed by atoms with Gasteiger partial charge in [-0.1, -0.05) is 43.5 Å². The van der Waals surface area contributed by atoms with Crippen LogP contribution in [0.1, 0.15) is 11.1 Å². The van der Waals surface area contributed by atoms with E-state index in [-0.39, 0.29) is 9.52 Å². The molecule has 0 atom stereocenters. The Labute approximate surface area is 88.6 Å². The van der Waals surface area contributed by atoms with Crippen molar-refractivity contribution in [2.24, 2.45) is 0 Å². The lowest BCUT2D eigenvalue weighted by Crippen LogP contribution is -1.96. The van der Waals surface area contributed by atoms with E-state index in [0.29, 0.717) is 0 Å². The number of hydrogen-bond donors (Lipinski definition) is 0. The summed E-state index contributed by atoms with van der Waals surface area (Å²) in [6.45, 7) is 7.69. The molecule has 76 valence electrons. The smallest absolute Gasteiger partial charge is 0.0716 e. The standard InChI is InChI=1S/C12H18OSi/c1-3-11-4-6-12(7-5-11)10-13-8-9-14-2/h3-7H,1,8-10,14H2,2H3. The summed E-state index contributed by atoms with van der Waals surface area (Å²) in [5.74, 6) is 0. The van der Waals surface area contributed by atoms with Crippen molar-refractivity contribution in [2.45, 2.75) is 19.2 Å². The maximum absolute atomic E-state index is 5.54. The van der Waals surface area contributed by atoms with Gasteiger partial charge in [-0.3, -0.25) is 0 Å². The van der Waals surface area contributed by atoms with Crippen molar-refractivity contribution >= 4 is 15.6 Å². The first-order valence-corrected chi connectivity index (χ1v) is 7.57. The van der Waals surface area contributed by atoms with Gasteiger partial charge in [-0.15, -0.1) is 0 Å². The maximum atomic E-state index is 5.54. The Morgan fingerprint density at radius 1 is 1.36 bits per heavy atom. The van der Waals surface area contributed by atoms with Gasteiger partial charge in [0, 0.05) is 16.1 Å². The zero-order valence-electron chi connectivity index (χ0n) is 8.83. The Morgan fingerprint density at radius 3 is 2.64 bits per heavy atom. The quantitative estimate of drug-likeness (QED) is 0.513. The van der Waals surface area contributed by atoms with Gasteiger partial charge in [0.05, 0.1) is 6.61 Å². The first-order chi connectivity index (χ1) is 6.86. The van der Waals surface area contributed by atoms with Crippen LogP contribution in [-0.2, 0) is 11.3 Å². The topological polar surface area (TPSA) is 9.23 Å². The molecule has 0 aromatic heterocycles. The van der Waals surface area contributed by atoms with Gasteiger partial charge in [-0.05, 0) is 17.2 Å². The minimum Gasteiger partial charge on any atom is -0.377 e. The van der Waals surface area contributed by atoms with Gasteiger partial charge >= 0.3 is 0 Å². The normalized spacial score (nSPS) is 10.9. The Bertz CT molecular complexity index is 266. The van der Waals surface area contributed by atoms with E-state index in [1.54, 1.807) is 0 Å². The van der Waals surface area contributed by atoms with E-state index in [0.717, 1.165) is 18.8 Å². The molecule has 0 aliphatic rings. The average Bonchev–Trinajstić information content (AvgIpc) is 2.25. The highest BCUT2D eigenvalue weighted by atomic mass is 28.2. The van der Waals surface area contributed by atoms with E-state index in [1.807, 2.05) is 6.08 Å². The highest BCUT2D eigenvalue weighted by Crippen LogP contribution is 2.06. The van der Waals surface area contributed by atoms with Crippen molar-refractivity contribution in [3.05, 3.63) is 42.0 Å². The molecule has 0 aliphatic heterocycles. The monoisotopic (exact) mass is 206 g/mol. The van der Waals surface area contributed by atoms with Crippen LogP contribution in [0.4, 0.5) is 0 Å². The lowest BCUT2D eigenvalue weighted by molar-refractivity contribution is 0.134. The Balaban J connectivity index is 2.32. The third-order valence-corrected chi connectivity index (χ3v) is 3.12. The molecule has 1 rings (SSSR count). The summed E-state index contributed by atoms with van der Waals surface area (Å²) in [5, 5.41) is 0. The lowest BCUT2D eigenvalue weighted by atomic mass is 10.1. The second kappa shape index (κ2) is 6.57. The van der Waals surface area contributed by atoms with Crippen LogP contribution in [0.3, 0.4) is 0 Å². The number of ether oxygens (including phenoxy) is 1. The Hall–Kier alpha value is -0.863. The van der Waals surface area contributed by atoms with Crippen molar-refractivity contribution in [3.63, 3.8) is 0 Å². The number of benzene rings is 1. The molecule has 0 amide bonds. The molecule has 1 nitrogen and oxygen atoms in total. The molecular weight excluding hydrogens is 188 g/mol. The SMILES string of the molecule is C=Cc1ccc(COCC[SiH2]C)cc1. The van der Waals surface area contributed by atoms with Gasteiger partial charge in [-0.25, -0.2) is 0 Å². The molecule has 0 radical (unpaired) electrons. The minimum absolute atomic E-state index is 0.165. The summed E-state index contributed by atoms with van der Waals surface area (Å²) >= 11 is 0. The van der Waals surface area contributed by atoms with Crippen LogP contribution in [0, 0.1) is 0 Å². The van der Waals surface area contributed by atoms with Gasteiger partial charge < -0.3 is 4.74 Å². The third-order valence-electron chi connectivity index (χ3n) is 2.13. The van der Waals surface area contributed by atoms with Crippen LogP contribution in [0.15, 0.2) is 30.8 Å². The first kappa shape index (κ1) is 11.2. The lowest BCUT2D eigenvalue weighted by Gasteiger charge is -2.03. The van der Waals surface area contributed by atoms with Crippen LogP contribution in [0.25, 0.3) is 6.08 Å². The van der Waals surface area contributed by atoms with E-state index in [1.165, 1.54) is 11.6 Å². The van der Waals surface area contributed by atoms with Crippen LogP contribution in [0.5, 0.6) is 0 Å². The predicted molar refractivity (Wildman–Crippen MR) is 65.4 cm³/mol. The molecule has 1 aromatic carbocycles. The molecule has 1 aromatic rings. The molecule has 0 spiro atoms. The van der Waals surface area contributed by atoms with E-state index in [2.05, 4.69) is 37.4 Å². The second-order valence-electron chi connectivity index (χ2n) is 3.35. The van der Waals surface area contributed by atoms with Crippen LogP contribution in [-0.4, -0.2) is 16.1 Å².